The molecule has 0 atom stereocenters. The zero-order chi connectivity index (χ0) is 21.1. The van der Waals surface area contributed by atoms with Crippen molar-refractivity contribution in [3.05, 3.63) is 110 Å². The first kappa shape index (κ1) is 17.3. The van der Waals surface area contributed by atoms with E-state index in [-0.39, 0.29) is 0 Å². The number of nitrogens with zero attached hydrogens (tertiary/aromatic N) is 4. The summed E-state index contributed by atoms with van der Waals surface area (Å²) in [5, 5.41) is 5.01. The van der Waals surface area contributed by atoms with Crippen LogP contribution in [0, 0.1) is 0 Å². The third-order valence-electron chi connectivity index (χ3n) is 6.31. The molecule has 0 aliphatic heterocycles. The quantitative estimate of drug-likeness (QED) is 0.319. The summed E-state index contributed by atoms with van der Waals surface area (Å²) in [6.45, 7) is 0. The number of hydrogen-bond acceptors (Lipinski definition) is 2. The zero-order valence-corrected chi connectivity index (χ0v) is 17.2. The Labute approximate surface area is 184 Å². The van der Waals surface area contributed by atoms with Crippen molar-refractivity contribution >= 4 is 43.6 Å². The number of benzene rings is 3. The number of aromatic nitrogens is 4. The highest BCUT2D eigenvalue weighted by Gasteiger charge is 2.17. The van der Waals surface area contributed by atoms with Crippen LogP contribution in [0.1, 0.15) is 0 Å². The van der Waals surface area contributed by atoms with E-state index >= 15 is 0 Å². The predicted octanol–water partition coefficient (Wildman–Crippen LogP) is 6.67. The smallest absolute Gasteiger partial charge is 0.0562 e. The minimum atomic E-state index is 1.11. The predicted molar refractivity (Wildman–Crippen MR) is 131 cm³/mol. The molecule has 4 heteroatoms. The van der Waals surface area contributed by atoms with Crippen molar-refractivity contribution in [3.8, 4) is 11.4 Å². The fraction of sp³-hybridized carbons (Fsp3) is 0. The maximum Gasteiger partial charge on any atom is 0.0562 e. The van der Waals surface area contributed by atoms with Crippen molar-refractivity contribution in [2.75, 3.05) is 0 Å². The van der Waals surface area contributed by atoms with Crippen LogP contribution >= 0.6 is 0 Å². The molecular formula is C28H18N4. The molecule has 0 spiro atoms. The van der Waals surface area contributed by atoms with E-state index in [1.54, 1.807) is 0 Å². The van der Waals surface area contributed by atoms with Gasteiger partial charge in [0.2, 0.25) is 0 Å². The van der Waals surface area contributed by atoms with Gasteiger partial charge in [-0.25, -0.2) is 0 Å². The molecule has 7 rings (SSSR count). The summed E-state index contributed by atoms with van der Waals surface area (Å²) in [5.74, 6) is 0. The summed E-state index contributed by atoms with van der Waals surface area (Å²) in [4.78, 5) is 8.45. The van der Waals surface area contributed by atoms with Gasteiger partial charge in [-0.2, -0.15) is 0 Å². The summed E-state index contributed by atoms with van der Waals surface area (Å²) in [6.07, 6.45) is 7.40. The van der Waals surface area contributed by atoms with Gasteiger partial charge in [-0.3, -0.25) is 9.97 Å². The van der Waals surface area contributed by atoms with Crippen LogP contribution in [0.4, 0.5) is 0 Å². The molecule has 0 fully saturated rings. The molecule has 0 aliphatic rings. The van der Waals surface area contributed by atoms with E-state index in [1.807, 2.05) is 24.8 Å². The topological polar surface area (TPSA) is 35.6 Å². The van der Waals surface area contributed by atoms with E-state index in [0.29, 0.717) is 0 Å². The van der Waals surface area contributed by atoms with Gasteiger partial charge in [-0.15, -0.1) is 0 Å². The molecule has 32 heavy (non-hydrogen) atoms. The van der Waals surface area contributed by atoms with Crippen LogP contribution in [-0.2, 0) is 0 Å². The molecule has 0 unspecified atom stereocenters. The Morgan fingerprint density at radius 3 is 1.31 bits per heavy atom. The van der Waals surface area contributed by atoms with Gasteiger partial charge < -0.3 is 9.13 Å². The molecule has 0 saturated carbocycles. The van der Waals surface area contributed by atoms with Crippen molar-refractivity contribution in [2.24, 2.45) is 0 Å². The van der Waals surface area contributed by atoms with Gasteiger partial charge in [0, 0.05) is 57.7 Å². The molecule has 4 heterocycles. The monoisotopic (exact) mass is 410 g/mol. The van der Waals surface area contributed by atoms with Crippen LogP contribution in [0.5, 0.6) is 0 Å². The van der Waals surface area contributed by atoms with Crippen molar-refractivity contribution in [1.82, 2.24) is 19.1 Å². The molecule has 4 nitrogen and oxygen atoms in total. The van der Waals surface area contributed by atoms with Crippen molar-refractivity contribution in [1.29, 1.82) is 0 Å². The van der Waals surface area contributed by atoms with Crippen LogP contribution in [0.2, 0.25) is 0 Å². The lowest BCUT2D eigenvalue weighted by Crippen LogP contribution is -1.96. The maximum atomic E-state index is 4.22. The molecule has 0 radical (unpaired) electrons. The zero-order valence-electron chi connectivity index (χ0n) is 17.2. The second-order valence-electron chi connectivity index (χ2n) is 8.00. The first-order valence-electron chi connectivity index (χ1n) is 10.7. The van der Waals surface area contributed by atoms with Crippen molar-refractivity contribution in [3.63, 3.8) is 0 Å². The Balaban J connectivity index is 1.71. The molecule has 150 valence electrons. The summed E-state index contributed by atoms with van der Waals surface area (Å²) < 4.78 is 4.67. The molecule has 4 aromatic heterocycles. The van der Waals surface area contributed by atoms with Gasteiger partial charge in [-0.1, -0.05) is 36.4 Å². The Bertz CT molecular complexity index is 1630. The van der Waals surface area contributed by atoms with E-state index < -0.39 is 0 Å². The van der Waals surface area contributed by atoms with Crippen LogP contribution in [-0.4, -0.2) is 19.1 Å². The molecule has 0 N–H and O–H groups in total. The molecule has 7 aromatic rings. The van der Waals surface area contributed by atoms with E-state index in [0.717, 1.165) is 11.4 Å². The molecule has 0 bridgehead atoms. The lowest BCUT2D eigenvalue weighted by atomic mass is 10.1. The highest BCUT2D eigenvalue weighted by atomic mass is 15.0. The Morgan fingerprint density at radius 2 is 0.844 bits per heavy atom. The van der Waals surface area contributed by atoms with Crippen molar-refractivity contribution < 1.29 is 0 Å². The average molecular weight is 410 g/mol. The SMILES string of the molecule is c1ccc2c(c1)c1cc3c4ccccc4n(-c4ccncc4)c3cc1n2-c1ccncc1. The summed E-state index contributed by atoms with van der Waals surface area (Å²) in [5.41, 5.74) is 6.97. The lowest BCUT2D eigenvalue weighted by Gasteiger charge is -2.09. The molecule has 3 aromatic carbocycles. The Morgan fingerprint density at radius 1 is 0.406 bits per heavy atom. The van der Waals surface area contributed by atoms with Gasteiger partial charge in [0.1, 0.15) is 0 Å². The minimum Gasteiger partial charge on any atom is -0.309 e. The highest BCUT2D eigenvalue weighted by Crippen LogP contribution is 2.39. The highest BCUT2D eigenvalue weighted by molar-refractivity contribution is 6.19. The van der Waals surface area contributed by atoms with Gasteiger partial charge in [0.25, 0.3) is 0 Å². The summed E-state index contributed by atoms with van der Waals surface area (Å²) in [7, 11) is 0. The standard InChI is InChI=1S/C28H18N4/c1-3-7-25-21(5-1)23-17-24-22-6-2-4-8-26(22)32(20-11-15-30-16-12-20)28(24)18-27(23)31(25)19-9-13-29-14-10-19/h1-18H. The molecule has 0 aliphatic carbocycles. The van der Waals surface area contributed by atoms with E-state index in [1.165, 1.54) is 43.6 Å². The van der Waals surface area contributed by atoms with Crippen LogP contribution in [0.15, 0.2) is 110 Å². The average Bonchev–Trinajstić information content (AvgIpc) is 3.36. The Hall–Kier alpha value is -4.44. The molecular weight excluding hydrogens is 392 g/mol. The summed E-state index contributed by atoms with van der Waals surface area (Å²) in [6, 6.07) is 30.2. The number of hydrogen-bond donors (Lipinski definition) is 0. The van der Waals surface area contributed by atoms with E-state index in [4.69, 9.17) is 0 Å². The van der Waals surface area contributed by atoms with Gasteiger partial charge in [0.05, 0.1) is 22.1 Å². The van der Waals surface area contributed by atoms with E-state index in [2.05, 4.69) is 104 Å². The fourth-order valence-corrected chi connectivity index (χ4v) is 4.97. The number of rotatable bonds is 2. The lowest BCUT2D eigenvalue weighted by molar-refractivity contribution is 1.14. The van der Waals surface area contributed by atoms with Crippen molar-refractivity contribution in [2.45, 2.75) is 0 Å². The third kappa shape index (κ3) is 2.32. The van der Waals surface area contributed by atoms with Crippen LogP contribution in [0.25, 0.3) is 55.0 Å². The van der Waals surface area contributed by atoms with Gasteiger partial charge >= 0.3 is 0 Å². The fourth-order valence-electron chi connectivity index (χ4n) is 4.97. The second-order valence-corrected chi connectivity index (χ2v) is 8.00. The normalized spacial score (nSPS) is 11.8. The Kier molecular flexibility index (Phi) is 3.52. The third-order valence-corrected chi connectivity index (χ3v) is 6.31. The first-order chi connectivity index (χ1) is 15.9. The van der Waals surface area contributed by atoms with Gasteiger partial charge in [0.15, 0.2) is 0 Å². The number of para-hydroxylation sites is 2. The number of fused-ring (bicyclic) bond motifs is 6. The number of pyridine rings is 2. The molecule has 0 saturated heterocycles. The van der Waals surface area contributed by atoms with E-state index in [9.17, 15) is 0 Å². The first-order valence-corrected chi connectivity index (χ1v) is 10.7. The largest absolute Gasteiger partial charge is 0.309 e. The maximum absolute atomic E-state index is 4.22. The minimum absolute atomic E-state index is 1.11. The van der Waals surface area contributed by atoms with Crippen LogP contribution in [0.3, 0.4) is 0 Å². The van der Waals surface area contributed by atoms with Crippen LogP contribution < -0.4 is 0 Å². The van der Waals surface area contributed by atoms with Gasteiger partial charge in [-0.05, 0) is 48.5 Å². The second kappa shape index (κ2) is 6.53. The molecule has 0 amide bonds. The summed E-state index contributed by atoms with van der Waals surface area (Å²) >= 11 is 0.